The standard InChI is InChI=1S/CH2O3.Cs.Mg.3H/c2-1(3)4;;;;;/h(H2,2,3,4);;;;;. The van der Waals surface area contributed by atoms with Gasteiger partial charge < -0.3 is 10.2 Å². The van der Waals surface area contributed by atoms with Crippen LogP contribution in [0.5, 0.6) is 0 Å². The molecule has 30 valence electrons. The minimum Gasteiger partial charge on any atom is 0.316 e. The Morgan fingerprint density at radius 3 is 1.33 bits per heavy atom. The van der Waals surface area contributed by atoms with Crippen molar-refractivity contribution >= 4 is 98.1 Å². The van der Waals surface area contributed by atoms with Crippen molar-refractivity contribution in [2.45, 2.75) is 0 Å². The molecular formula is CH5CsMgO3. The van der Waals surface area contributed by atoms with E-state index >= 15 is 0 Å². The fourth-order valence-corrected chi connectivity index (χ4v) is 0. The third-order valence-corrected chi connectivity index (χ3v) is 0. The quantitative estimate of drug-likeness (QED) is 0.499. The summed E-state index contributed by atoms with van der Waals surface area (Å²) in [5.41, 5.74) is 0. The normalized spacial score (nSPS) is 4.00. The molecule has 2 N–H and O–H groups in total. The first-order chi connectivity index (χ1) is 1.73. The molecule has 3 nitrogen and oxygen atoms in total. The summed E-state index contributed by atoms with van der Waals surface area (Å²) in [5.74, 6) is 0. The zero-order chi connectivity index (χ0) is 3.58. The summed E-state index contributed by atoms with van der Waals surface area (Å²) in [6.45, 7) is 0. The second-order valence-electron chi connectivity index (χ2n) is 0.283. The number of hydrogen-bond donors (Lipinski definition) is 2. The van der Waals surface area contributed by atoms with Crippen molar-refractivity contribution in [3.05, 3.63) is 0 Å². The Morgan fingerprint density at radius 1 is 1.33 bits per heavy atom. The van der Waals surface area contributed by atoms with Crippen LogP contribution in [0.4, 0.5) is 4.79 Å². The van der Waals surface area contributed by atoms with Gasteiger partial charge in [-0.1, -0.05) is 0 Å². The van der Waals surface area contributed by atoms with Crippen molar-refractivity contribution in [2.24, 2.45) is 0 Å². The van der Waals surface area contributed by atoms with Crippen LogP contribution in [0.25, 0.3) is 0 Å². The van der Waals surface area contributed by atoms with Gasteiger partial charge in [0.2, 0.25) is 0 Å². The fraction of sp³-hybridized carbons (Fsp3) is 0. The van der Waals surface area contributed by atoms with E-state index < -0.39 is 6.16 Å². The molecule has 0 atom stereocenters. The van der Waals surface area contributed by atoms with Crippen LogP contribution < -0.4 is 0 Å². The molecule has 0 aromatic rings. The average Bonchev–Trinajstić information content (AvgIpc) is 0.811. The first kappa shape index (κ1) is 15.7. The molecule has 0 unspecified atom stereocenters. The van der Waals surface area contributed by atoms with Crippen LogP contribution in [0.3, 0.4) is 0 Å². The largest absolute Gasteiger partial charge is 0.316 e. The maximum Gasteiger partial charge on any atom is 0.316 e. The van der Waals surface area contributed by atoms with E-state index in [-0.39, 0.29) is 91.9 Å². The molecule has 0 aliphatic rings. The van der Waals surface area contributed by atoms with Crippen LogP contribution in [0.15, 0.2) is 0 Å². The summed E-state index contributed by atoms with van der Waals surface area (Å²) in [5, 5.41) is 13.9. The molecule has 0 saturated heterocycles. The molecule has 0 aliphatic carbocycles. The van der Waals surface area contributed by atoms with Gasteiger partial charge in [-0.2, -0.15) is 0 Å². The van der Waals surface area contributed by atoms with E-state index in [1.54, 1.807) is 0 Å². The van der Waals surface area contributed by atoms with E-state index in [1.165, 1.54) is 0 Å². The smallest absolute Gasteiger partial charge is 0.316 e. The summed E-state index contributed by atoms with van der Waals surface area (Å²) in [6, 6.07) is 0. The summed E-state index contributed by atoms with van der Waals surface area (Å²) in [4.78, 5) is 8.56. The van der Waals surface area contributed by atoms with Gasteiger partial charge in [0.05, 0.1) is 0 Å². The maximum absolute atomic E-state index is 8.56. The third-order valence-electron chi connectivity index (χ3n) is 0. The summed E-state index contributed by atoms with van der Waals surface area (Å²) >= 11 is 0. The van der Waals surface area contributed by atoms with Crippen molar-refractivity contribution in [2.75, 3.05) is 0 Å². The zero-order valence-electron chi connectivity index (χ0n) is 1.80. The summed E-state index contributed by atoms with van der Waals surface area (Å²) < 4.78 is 0. The van der Waals surface area contributed by atoms with Gasteiger partial charge in [0.15, 0.2) is 0 Å². The topological polar surface area (TPSA) is 57.5 Å². The van der Waals surface area contributed by atoms with Gasteiger partial charge in [-0.25, -0.2) is 4.79 Å². The molecule has 0 rings (SSSR count). The average molecular weight is 222 g/mol. The first-order valence-corrected chi connectivity index (χ1v) is 0.651. The predicted molar refractivity (Wildman–Crippen MR) is 26.3 cm³/mol. The molecule has 0 spiro atoms. The van der Waals surface area contributed by atoms with Crippen LogP contribution in [-0.2, 0) is 0 Å². The minimum absolute atomic E-state index is 0. The van der Waals surface area contributed by atoms with E-state index in [9.17, 15) is 0 Å². The molecule has 0 heterocycles. The minimum atomic E-state index is -1.83. The fourth-order valence-electron chi connectivity index (χ4n) is 0. The number of carboxylic acid groups (broad SMARTS) is 2. The Balaban J connectivity index is -0.0000000450. The molecule has 0 bridgehead atoms. The third kappa shape index (κ3) is 36.1. The van der Waals surface area contributed by atoms with Crippen molar-refractivity contribution in [3.8, 4) is 0 Å². The molecule has 0 aromatic carbocycles. The predicted octanol–water partition coefficient (Wildman–Crippen LogP) is -1.34. The Hall–Kier alpha value is 2.09. The second kappa shape index (κ2) is 10.1. The van der Waals surface area contributed by atoms with Gasteiger partial charge in [0, 0.05) is 0 Å². The van der Waals surface area contributed by atoms with Gasteiger partial charge >= 0.3 is 98.1 Å². The molecule has 0 radical (unpaired) electrons. The Labute approximate surface area is 110 Å². The molecular weight excluding hydrogens is 217 g/mol. The molecule has 0 amide bonds. The zero-order valence-corrected chi connectivity index (χ0v) is 1.80. The summed E-state index contributed by atoms with van der Waals surface area (Å²) in [7, 11) is 0. The Kier molecular flexibility index (Phi) is 26.5. The molecule has 0 saturated carbocycles. The number of carbonyl (C=O) groups is 1. The van der Waals surface area contributed by atoms with Crippen molar-refractivity contribution in [3.63, 3.8) is 0 Å². The van der Waals surface area contributed by atoms with E-state index in [1.807, 2.05) is 0 Å². The molecule has 0 aliphatic heterocycles. The van der Waals surface area contributed by atoms with Gasteiger partial charge in [0.25, 0.3) is 0 Å². The SMILES string of the molecule is O=C(O)O.[CsH].[MgH2]. The molecule has 0 aromatic heterocycles. The van der Waals surface area contributed by atoms with E-state index in [0.29, 0.717) is 0 Å². The number of hydrogen-bond acceptors (Lipinski definition) is 1. The van der Waals surface area contributed by atoms with Gasteiger partial charge in [-0.3, -0.25) is 0 Å². The van der Waals surface area contributed by atoms with E-state index in [2.05, 4.69) is 0 Å². The van der Waals surface area contributed by atoms with Crippen LogP contribution in [0, 0.1) is 0 Å². The Morgan fingerprint density at radius 2 is 1.33 bits per heavy atom. The first-order valence-electron chi connectivity index (χ1n) is 0.651. The van der Waals surface area contributed by atoms with E-state index in [0.717, 1.165) is 0 Å². The monoisotopic (exact) mass is 222 g/mol. The van der Waals surface area contributed by atoms with Gasteiger partial charge in [0.1, 0.15) is 0 Å². The molecule has 5 heteroatoms. The van der Waals surface area contributed by atoms with Crippen LogP contribution in [0.1, 0.15) is 0 Å². The maximum atomic E-state index is 8.56. The van der Waals surface area contributed by atoms with Crippen LogP contribution in [0.2, 0.25) is 0 Å². The van der Waals surface area contributed by atoms with Crippen molar-refractivity contribution in [1.29, 1.82) is 0 Å². The summed E-state index contributed by atoms with van der Waals surface area (Å²) in [6.07, 6.45) is -1.83. The molecule has 6 heavy (non-hydrogen) atoms. The van der Waals surface area contributed by atoms with E-state index in [4.69, 9.17) is 15.0 Å². The molecule has 0 fully saturated rings. The second-order valence-corrected chi connectivity index (χ2v) is 0.283. The number of rotatable bonds is 0. The van der Waals surface area contributed by atoms with Crippen LogP contribution in [-0.4, -0.2) is 108 Å². The Bertz CT molecular complexity index is 33.8. The van der Waals surface area contributed by atoms with Crippen LogP contribution >= 0.6 is 0 Å². The van der Waals surface area contributed by atoms with Crippen molar-refractivity contribution < 1.29 is 15.0 Å². The van der Waals surface area contributed by atoms with Crippen molar-refractivity contribution in [1.82, 2.24) is 0 Å². The van der Waals surface area contributed by atoms with Gasteiger partial charge in [-0.15, -0.1) is 0 Å². The van der Waals surface area contributed by atoms with Gasteiger partial charge in [-0.05, 0) is 0 Å².